The molecule has 4 aromatic rings. The van der Waals surface area contributed by atoms with Crippen LogP contribution in [0.3, 0.4) is 0 Å². The van der Waals surface area contributed by atoms with Gasteiger partial charge in [0.2, 0.25) is 0 Å². The number of fused-ring (bicyclic) bond motifs is 1. The molecule has 42 heavy (non-hydrogen) atoms. The van der Waals surface area contributed by atoms with Gasteiger partial charge in [-0.2, -0.15) is 0 Å². The van der Waals surface area contributed by atoms with E-state index in [0.717, 1.165) is 49.3 Å². The van der Waals surface area contributed by atoms with Crippen LogP contribution in [0.2, 0.25) is 0 Å². The van der Waals surface area contributed by atoms with E-state index in [1.165, 1.54) is 29.8 Å². The van der Waals surface area contributed by atoms with Crippen molar-refractivity contribution in [2.75, 3.05) is 31.1 Å². The van der Waals surface area contributed by atoms with Crippen molar-refractivity contribution in [1.29, 1.82) is 0 Å². The third-order valence-electron chi connectivity index (χ3n) is 7.71. The minimum absolute atomic E-state index is 0.195. The van der Waals surface area contributed by atoms with Gasteiger partial charge in [0, 0.05) is 57.3 Å². The molecule has 7 nitrogen and oxygen atoms in total. The second-order valence-corrected chi connectivity index (χ2v) is 10.8. The lowest BCUT2D eigenvalue weighted by Crippen LogP contribution is -2.39. The molecule has 8 heteroatoms. The molecule has 1 aliphatic heterocycles. The van der Waals surface area contributed by atoms with Crippen LogP contribution in [0.25, 0.3) is 0 Å². The SMILES string of the molecule is CCc1cc(C(=O)N2CCCN(Cc3ccccc3)CCCN(C(=O)c3ccc(F)cc3)c3c(C)cccc3C2)no1. The number of hydrogen-bond acceptors (Lipinski definition) is 5. The highest BCUT2D eigenvalue weighted by molar-refractivity contribution is 6.07. The Bertz CT molecular complexity index is 1500. The molecule has 2 heterocycles. The Labute approximate surface area is 246 Å². The van der Waals surface area contributed by atoms with E-state index < -0.39 is 0 Å². The molecule has 0 unspecified atom stereocenters. The van der Waals surface area contributed by atoms with Gasteiger partial charge < -0.3 is 14.3 Å². The second kappa shape index (κ2) is 13.6. The Kier molecular flexibility index (Phi) is 9.44. The van der Waals surface area contributed by atoms with Crippen molar-refractivity contribution in [2.45, 2.75) is 46.2 Å². The summed E-state index contributed by atoms with van der Waals surface area (Å²) < 4.78 is 19.1. The fourth-order valence-corrected chi connectivity index (χ4v) is 5.55. The average Bonchev–Trinajstić information content (AvgIpc) is 3.48. The number of carbonyl (C=O) groups excluding carboxylic acids is 2. The Morgan fingerprint density at radius 1 is 0.881 bits per heavy atom. The average molecular weight is 569 g/mol. The van der Waals surface area contributed by atoms with E-state index in [0.29, 0.717) is 37.4 Å². The zero-order valence-corrected chi connectivity index (χ0v) is 24.3. The molecule has 3 aromatic carbocycles. The van der Waals surface area contributed by atoms with E-state index in [1.54, 1.807) is 15.9 Å². The monoisotopic (exact) mass is 568 g/mol. The third-order valence-corrected chi connectivity index (χ3v) is 7.71. The molecule has 1 aromatic heterocycles. The van der Waals surface area contributed by atoms with Crippen molar-refractivity contribution < 1.29 is 18.5 Å². The van der Waals surface area contributed by atoms with Gasteiger partial charge in [0.15, 0.2) is 5.69 Å². The lowest BCUT2D eigenvalue weighted by Gasteiger charge is -2.32. The zero-order chi connectivity index (χ0) is 29.5. The molecular formula is C34H37FN4O3. The van der Waals surface area contributed by atoms with Gasteiger partial charge in [0.25, 0.3) is 11.8 Å². The quantitative estimate of drug-likeness (QED) is 0.284. The Balaban J connectivity index is 1.52. The number of aromatic nitrogens is 1. The van der Waals surface area contributed by atoms with Crippen LogP contribution in [-0.4, -0.2) is 52.9 Å². The van der Waals surface area contributed by atoms with Gasteiger partial charge in [-0.15, -0.1) is 0 Å². The molecule has 0 radical (unpaired) electrons. The van der Waals surface area contributed by atoms with Gasteiger partial charge >= 0.3 is 0 Å². The predicted molar refractivity (Wildman–Crippen MR) is 161 cm³/mol. The highest BCUT2D eigenvalue weighted by Gasteiger charge is 2.27. The summed E-state index contributed by atoms with van der Waals surface area (Å²) in [6, 6.07) is 23.6. The fourth-order valence-electron chi connectivity index (χ4n) is 5.55. The lowest BCUT2D eigenvalue weighted by molar-refractivity contribution is 0.0723. The minimum Gasteiger partial charge on any atom is -0.361 e. The molecule has 0 fully saturated rings. The van der Waals surface area contributed by atoms with Crippen molar-refractivity contribution in [3.8, 4) is 0 Å². The second-order valence-electron chi connectivity index (χ2n) is 10.8. The molecule has 218 valence electrons. The van der Waals surface area contributed by atoms with E-state index in [1.807, 2.05) is 50.2 Å². The lowest BCUT2D eigenvalue weighted by atomic mass is 10.0. The zero-order valence-electron chi connectivity index (χ0n) is 24.3. The van der Waals surface area contributed by atoms with Crippen LogP contribution in [0.5, 0.6) is 0 Å². The molecule has 0 N–H and O–H groups in total. The van der Waals surface area contributed by atoms with Crippen LogP contribution < -0.4 is 4.90 Å². The summed E-state index contributed by atoms with van der Waals surface area (Å²) >= 11 is 0. The largest absolute Gasteiger partial charge is 0.361 e. The predicted octanol–water partition coefficient (Wildman–Crippen LogP) is 6.27. The first-order valence-corrected chi connectivity index (χ1v) is 14.6. The maximum absolute atomic E-state index is 14.0. The normalized spacial score (nSPS) is 15.0. The summed E-state index contributed by atoms with van der Waals surface area (Å²) in [5.41, 5.74) is 4.51. The van der Waals surface area contributed by atoms with E-state index in [4.69, 9.17) is 4.52 Å². The molecule has 0 saturated carbocycles. The van der Waals surface area contributed by atoms with Gasteiger partial charge in [-0.1, -0.05) is 60.6 Å². The molecule has 2 amide bonds. The standard InChI is InChI=1S/C34H37FN4O3/c1-3-30-22-31(36-42-30)34(41)38-20-8-18-37(23-26-11-5-4-6-12-26)19-9-21-39(32-25(2)10-7-13-28(32)24-38)33(40)27-14-16-29(35)17-15-27/h4-7,10-17,22H,3,8-9,18-21,23-24H2,1-2H3. The number of rotatable bonds is 5. The number of carbonyl (C=O) groups is 2. The summed E-state index contributed by atoms with van der Waals surface area (Å²) in [5.74, 6) is -0.121. The van der Waals surface area contributed by atoms with Crippen LogP contribution in [0, 0.1) is 12.7 Å². The van der Waals surface area contributed by atoms with E-state index in [2.05, 4.69) is 22.2 Å². The van der Waals surface area contributed by atoms with Gasteiger partial charge in [-0.25, -0.2) is 4.39 Å². The van der Waals surface area contributed by atoms with Crippen molar-refractivity contribution >= 4 is 17.5 Å². The third kappa shape index (κ3) is 6.94. The van der Waals surface area contributed by atoms with Gasteiger partial charge in [-0.3, -0.25) is 14.5 Å². The number of hydrogen-bond donors (Lipinski definition) is 0. The summed E-state index contributed by atoms with van der Waals surface area (Å²) in [6.45, 7) is 7.61. The maximum atomic E-state index is 14.0. The molecule has 0 atom stereocenters. The molecule has 5 rings (SSSR count). The van der Waals surface area contributed by atoms with Crippen LogP contribution in [0.4, 0.5) is 10.1 Å². The molecule has 0 saturated heterocycles. The van der Waals surface area contributed by atoms with Gasteiger partial charge in [0.05, 0.1) is 5.69 Å². The van der Waals surface area contributed by atoms with E-state index >= 15 is 0 Å². The van der Waals surface area contributed by atoms with Gasteiger partial charge in [0.1, 0.15) is 11.6 Å². The highest BCUT2D eigenvalue weighted by Crippen LogP contribution is 2.30. The number of nitrogens with zero attached hydrogens (tertiary/aromatic N) is 4. The first-order valence-electron chi connectivity index (χ1n) is 14.6. The molecule has 0 aliphatic carbocycles. The van der Waals surface area contributed by atoms with Crippen LogP contribution in [0.15, 0.2) is 83.4 Å². The van der Waals surface area contributed by atoms with Crippen LogP contribution in [-0.2, 0) is 19.5 Å². The number of para-hydroxylation sites is 1. The fraction of sp³-hybridized carbons (Fsp3) is 0.324. The summed E-state index contributed by atoms with van der Waals surface area (Å²) in [6.07, 6.45) is 2.20. The summed E-state index contributed by atoms with van der Waals surface area (Å²) in [7, 11) is 0. The summed E-state index contributed by atoms with van der Waals surface area (Å²) in [4.78, 5) is 33.7. The van der Waals surface area contributed by atoms with E-state index in [9.17, 15) is 14.0 Å². The molecular weight excluding hydrogens is 531 g/mol. The number of benzene rings is 3. The Morgan fingerprint density at radius 2 is 1.62 bits per heavy atom. The van der Waals surface area contributed by atoms with Crippen LogP contribution >= 0.6 is 0 Å². The van der Waals surface area contributed by atoms with Crippen LogP contribution in [0.1, 0.15) is 63.1 Å². The number of aryl methyl sites for hydroxylation is 2. The first-order chi connectivity index (χ1) is 20.4. The number of amides is 2. The van der Waals surface area contributed by atoms with Gasteiger partial charge in [-0.05, 0) is 60.7 Å². The minimum atomic E-state index is -0.387. The van der Waals surface area contributed by atoms with Crippen molar-refractivity contribution in [3.05, 3.63) is 118 Å². The van der Waals surface area contributed by atoms with Crippen molar-refractivity contribution in [1.82, 2.24) is 15.0 Å². The topological polar surface area (TPSA) is 69.9 Å². The van der Waals surface area contributed by atoms with Crippen molar-refractivity contribution in [3.63, 3.8) is 0 Å². The highest BCUT2D eigenvalue weighted by atomic mass is 19.1. The van der Waals surface area contributed by atoms with E-state index in [-0.39, 0.29) is 23.3 Å². The number of anilines is 1. The maximum Gasteiger partial charge on any atom is 0.276 e. The molecule has 0 bridgehead atoms. The first kappa shape index (κ1) is 29.2. The molecule has 1 aliphatic rings. The summed E-state index contributed by atoms with van der Waals surface area (Å²) in [5, 5.41) is 4.05. The Hall–Kier alpha value is -4.30. The smallest absolute Gasteiger partial charge is 0.276 e. The molecule has 0 spiro atoms. The van der Waals surface area contributed by atoms with Crippen molar-refractivity contribution in [2.24, 2.45) is 0 Å². The number of halogens is 1. The Morgan fingerprint density at radius 3 is 2.33 bits per heavy atom.